The normalized spacial score (nSPS) is 9.69. The van der Waals surface area contributed by atoms with Crippen molar-refractivity contribution in [1.82, 2.24) is 9.97 Å². The number of hydrogen-bond acceptors (Lipinski definition) is 7. The van der Waals surface area contributed by atoms with E-state index >= 15 is 0 Å². The highest BCUT2D eigenvalue weighted by Gasteiger charge is 2.21. The molecule has 9 heteroatoms. The summed E-state index contributed by atoms with van der Waals surface area (Å²) < 4.78 is 0. The van der Waals surface area contributed by atoms with Gasteiger partial charge in [0.1, 0.15) is 0 Å². The van der Waals surface area contributed by atoms with E-state index in [4.69, 9.17) is 23.2 Å². The summed E-state index contributed by atoms with van der Waals surface area (Å²) in [6, 6.07) is 0. The van der Waals surface area contributed by atoms with Crippen molar-refractivity contribution in [3.63, 3.8) is 0 Å². The van der Waals surface area contributed by atoms with Crippen molar-refractivity contribution >= 4 is 28.9 Å². The Morgan fingerprint density at radius 1 is 1.54 bits per heavy atom. The smallest absolute Gasteiger partial charge is 0.354 e. The van der Waals surface area contributed by atoms with Crippen LogP contribution in [0.1, 0.15) is 0 Å². The highest BCUT2D eigenvalue weighted by molar-refractivity contribution is 6.28. The van der Waals surface area contributed by atoms with Crippen molar-refractivity contribution in [2.24, 2.45) is 5.84 Å². The molecule has 1 aromatic heterocycles. The van der Waals surface area contributed by atoms with Crippen LogP contribution >= 0.6 is 11.6 Å². The average molecular weight is 205 g/mol. The van der Waals surface area contributed by atoms with Gasteiger partial charge in [-0.3, -0.25) is 10.1 Å². The lowest BCUT2D eigenvalue weighted by atomic mass is 10.4. The van der Waals surface area contributed by atoms with Crippen molar-refractivity contribution in [3.05, 3.63) is 15.4 Å². The molecule has 1 rings (SSSR count). The van der Waals surface area contributed by atoms with Gasteiger partial charge in [-0.1, -0.05) is 0 Å². The molecule has 0 amide bonds. The first-order valence-corrected chi connectivity index (χ1v) is 3.38. The Balaban J connectivity index is 3.38. The first kappa shape index (κ1) is 9.42. The molecule has 8 nitrogen and oxygen atoms in total. The maximum atomic E-state index is 10.4. The van der Waals surface area contributed by atoms with E-state index in [0.29, 0.717) is 0 Å². The third-order valence-electron chi connectivity index (χ3n) is 1.20. The quantitative estimate of drug-likeness (QED) is 0.265. The maximum Gasteiger partial charge on any atom is 0.354 e. The van der Waals surface area contributed by atoms with Gasteiger partial charge in [-0.2, -0.15) is 9.97 Å². The van der Waals surface area contributed by atoms with E-state index in [0.717, 1.165) is 0 Å². The molecular formula is C4H5ClN6O2. The Kier molecular flexibility index (Phi) is 2.44. The maximum absolute atomic E-state index is 10.4. The molecule has 0 spiro atoms. The summed E-state index contributed by atoms with van der Waals surface area (Å²) in [5, 5.41) is 10.2. The second kappa shape index (κ2) is 3.37. The summed E-state index contributed by atoms with van der Waals surface area (Å²) in [7, 11) is 0. The number of rotatable bonds is 2. The summed E-state index contributed by atoms with van der Waals surface area (Å²) >= 11 is 5.39. The van der Waals surface area contributed by atoms with Gasteiger partial charge in [0.05, 0.1) is 4.92 Å². The van der Waals surface area contributed by atoms with Gasteiger partial charge >= 0.3 is 5.69 Å². The van der Waals surface area contributed by atoms with Gasteiger partial charge in [0.2, 0.25) is 16.9 Å². The molecule has 0 radical (unpaired) electrons. The van der Waals surface area contributed by atoms with E-state index in [2.05, 4.69) is 9.97 Å². The molecule has 70 valence electrons. The predicted octanol–water partition coefficient (Wildman–Crippen LogP) is -0.0940. The monoisotopic (exact) mass is 204 g/mol. The Hall–Kier alpha value is -1.67. The number of nitrogens with two attached hydrogens (primary N) is 2. The third-order valence-corrected chi connectivity index (χ3v) is 1.37. The molecule has 1 aromatic rings. The summed E-state index contributed by atoms with van der Waals surface area (Å²) in [5.41, 5.74) is 6.73. The van der Waals surface area contributed by atoms with E-state index in [-0.39, 0.29) is 16.9 Å². The second-order valence-corrected chi connectivity index (χ2v) is 2.31. The van der Waals surface area contributed by atoms with Gasteiger partial charge in [0.25, 0.3) is 0 Å². The van der Waals surface area contributed by atoms with E-state index in [1.54, 1.807) is 0 Å². The zero-order chi connectivity index (χ0) is 10.0. The van der Waals surface area contributed by atoms with Gasteiger partial charge in [-0.25, -0.2) is 5.84 Å². The minimum Gasteiger partial charge on any atom is -0.378 e. The number of aromatic nitrogens is 2. The first-order chi connectivity index (χ1) is 6.06. The van der Waals surface area contributed by atoms with Crippen molar-refractivity contribution in [2.45, 2.75) is 0 Å². The predicted molar refractivity (Wildman–Crippen MR) is 45.9 cm³/mol. The van der Waals surface area contributed by atoms with Crippen LogP contribution in [0.5, 0.6) is 0 Å². The lowest BCUT2D eigenvalue weighted by Gasteiger charge is -2.02. The van der Waals surface area contributed by atoms with E-state index < -0.39 is 10.6 Å². The van der Waals surface area contributed by atoms with E-state index in [9.17, 15) is 10.1 Å². The summed E-state index contributed by atoms with van der Waals surface area (Å²) in [6.45, 7) is 0. The Morgan fingerprint density at radius 2 is 2.15 bits per heavy atom. The summed E-state index contributed by atoms with van der Waals surface area (Å²) in [5.74, 6) is 4.41. The Bertz CT molecular complexity index is 355. The molecule has 0 aromatic carbocycles. The lowest BCUT2D eigenvalue weighted by Crippen LogP contribution is -2.13. The molecule has 0 saturated carbocycles. The highest BCUT2D eigenvalue weighted by atomic mass is 35.5. The summed E-state index contributed by atoms with van der Waals surface area (Å²) in [6.07, 6.45) is 0. The van der Waals surface area contributed by atoms with Crippen LogP contribution in [-0.4, -0.2) is 14.9 Å². The largest absolute Gasteiger partial charge is 0.378 e. The number of halogens is 1. The molecule has 0 aliphatic carbocycles. The zero-order valence-electron chi connectivity index (χ0n) is 6.19. The number of hydrazine groups is 1. The Morgan fingerprint density at radius 3 is 2.62 bits per heavy atom. The lowest BCUT2D eigenvalue weighted by molar-refractivity contribution is -0.383. The van der Waals surface area contributed by atoms with Crippen LogP contribution < -0.4 is 17.0 Å². The van der Waals surface area contributed by atoms with Crippen molar-refractivity contribution in [3.8, 4) is 0 Å². The molecule has 0 atom stereocenters. The third kappa shape index (κ3) is 1.73. The van der Waals surface area contributed by atoms with Crippen LogP contribution in [0.4, 0.5) is 17.3 Å². The molecular weight excluding hydrogens is 200 g/mol. The van der Waals surface area contributed by atoms with E-state index in [1.807, 2.05) is 5.43 Å². The molecule has 0 aliphatic heterocycles. The number of hydrogen-bond donors (Lipinski definition) is 3. The molecule has 0 unspecified atom stereocenters. The number of nitrogens with zero attached hydrogens (tertiary/aromatic N) is 3. The molecule has 1 heterocycles. The van der Waals surface area contributed by atoms with Crippen LogP contribution in [-0.2, 0) is 0 Å². The van der Waals surface area contributed by atoms with Crippen molar-refractivity contribution in [2.75, 3.05) is 11.2 Å². The number of nitrogens with one attached hydrogen (secondary N) is 1. The van der Waals surface area contributed by atoms with Crippen molar-refractivity contribution < 1.29 is 4.92 Å². The fraction of sp³-hybridized carbons (Fsp3) is 0. The van der Waals surface area contributed by atoms with Crippen molar-refractivity contribution in [1.29, 1.82) is 0 Å². The van der Waals surface area contributed by atoms with Crippen LogP contribution in [0.2, 0.25) is 5.28 Å². The molecule has 0 fully saturated rings. The van der Waals surface area contributed by atoms with Crippen LogP contribution in [0, 0.1) is 10.1 Å². The number of nitro groups is 1. The van der Waals surface area contributed by atoms with Crippen LogP contribution in [0.25, 0.3) is 0 Å². The summed E-state index contributed by atoms with van der Waals surface area (Å²) in [4.78, 5) is 16.5. The van der Waals surface area contributed by atoms with Crippen LogP contribution in [0.15, 0.2) is 0 Å². The average Bonchev–Trinajstić information content (AvgIpc) is 2.01. The fourth-order valence-electron chi connectivity index (χ4n) is 0.724. The van der Waals surface area contributed by atoms with Gasteiger partial charge < -0.3 is 11.2 Å². The molecule has 0 saturated heterocycles. The van der Waals surface area contributed by atoms with E-state index in [1.165, 1.54) is 0 Å². The highest BCUT2D eigenvalue weighted by Crippen LogP contribution is 2.27. The second-order valence-electron chi connectivity index (χ2n) is 1.98. The minimum absolute atomic E-state index is 0.212. The standard InChI is InChI=1S/C4H5ClN6O2/c5-4-8-2(6)1(11(12)13)3(9-4)10-7/h7H2,(H3,6,8,9,10). The van der Waals surface area contributed by atoms with Crippen LogP contribution in [0.3, 0.4) is 0 Å². The van der Waals surface area contributed by atoms with Gasteiger partial charge in [-0.15, -0.1) is 0 Å². The fourth-order valence-corrected chi connectivity index (χ4v) is 0.900. The molecule has 0 bridgehead atoms. The zero-order valence-corrected chi connectivity index (χ0v) is 6.95. The minimum atomic E-state index is -0.749. The number of anilines is 2. The van der Waals surface area contributed by atoms with Gasteiger partial charge in [0.15, 0.2) is 0 Å². The number of nitrogen functional groups attached to an aromatic ring is 2. The van der Waals surface area contributed by atoms with Gasteiger partial charge in [-0.05, 0) is 11.6 Å². The molecule has 0 aliphatic rings. The topological polar surface area (TPSA) is 133 Å². The molecule has 5 N–H and O–H groups in total. The molecule has 13 heavy (non-hydrogen) atoms. The Labute approximate surface area is 77.0 Å². The SMILES string of the molecule is NNc1nc(Cl)nc(N)c1[N+](=O)[O-]. The first-order valence-electron chi connectivity index (χ1n) is 3.00. The van der Waals surface area contributed by atoms with Gasteiger partial charge in [0, 0.05) is 0 Å².